The summed E-state index contributed by atoms with van der Waals surface area (Å²) in [5.74, 6) is 1.79. The number of hydrogen-bond donors (Lipinski definition) is 2. The van der Waals surface area contributed by atoms with Crippen LogP contribution in [0.2, 0.25) is 0 Å². The Kier molecular flexibility index (Phi) is 8.39. The van der Waals surface area contributed by atoms with Gasteiger partial charge < -0.3 is 25.0 Å². The van der Waals surface area contributed by atoms with Crippen LogP contribution in [0.4, 0.5) is 5.69 Å². The van der Waals surface area contributed by atoms with E-state index in [0.29, 0.717) is 19.2 Å². The number of guanidine groups is 1. The predicted molar refractivity (Wildman–Crippen MR) is 123 cm³/mol. The molecule has 0 spiro atoms. The Morgan fingerprint density at radius 3 is 2.60 bits per heavy atom. The van der Waals surface area contributed by atoms with Gasteiger partial charge in [0.25, 0.3) is 0 Å². The minimum Gasteiger partial charge on any atom is -0.495 e. The van der Waals surface area contributed by atoms with Gasteiger partial charge in [0.1, 0.15) is 5.75 Å². The van der Waals surface area contributed by atoms with Crippen LogP contribution in [0.15, 0.2) is 53.5 Å². The molecule has 30 heavy (non-hydrogen) atoms. The maximum Gasteiger partial charge on any atom is 0.191 e. The molecule has 2 N–H and O–H groups in total. The fourth-order valence-corrected chi connectivity index (χ4v) is 3.63. The molecule has 6 nitrogen and oxygen atoms in total. The molecule has 2 aromatic carbocycles. The van der Waals surface area contributed by atoms with E-state index in [1.54, 1.807) is 7.11 Å². The van der Waals surface area contributed by atoms with Gasteiger partial charge in [-0.1, -0.05) is 36.4 Å². The zero-order valence-electron chi connectivity index (χ0n) is 18.4. The first-order chi connectivity index (χ1) is 14.7. The topological polar surface area (TPSA) is 58.1 Å². The Labute approximate surface area is 180 Å². The number of ether oxygens (including phenoxy) is 2. The Hall–Kier alpha value is -2.73. The molecule has 162 valence electrons. The van der Waals surface area contributed by atoms with E-state index in [2.05, 4.69) is 58.9 Å². The van der Waals surface area contributed by atoms with E-state index < -0.39 is 0 Å². The summed E-state index contributed by atoms with van der Waals surface area (Å²) < 4.78 is 11.0. The van der Waals surface area contributed by atoms with E-state index >= 15 is 0 Å². The first-order valence-corrected chi connectivity index (χ1v) is 10.8. The highest BCUT2D eigenvalue weighted by Gasteiger charge is 2.25. The van der Waals surface area contributed by atoms with Gasteiger partial charge in [-0.3, -0.25) is 0 Å². The lowest BCUT2D eigenvalue weighted by molar-refractivity contribution is 0.134. The van der Waals surface area contributed by atoms with Gasteiger partial charge in [-0.25, -0.2) is 4.99 Å². The molecule has 3 rings (SSSR count). The molecule has 1 aliphatic rings. The van der Waals surface area contributed by atoms with E-state index in [1.807, 2.05) is 19.1 Å². The second kappa shape index (κ2) is 11.5. The molecular formula is C24H34N4O2. The number of nitrogens with zero attached hydrogens (tertiary/aromatic N) is 2. The van der Waals surface area contributed by atoms with Crippen molar-refractivity contribution in [1.82, 2.24) is 10.6 Å². The lowest BCUT2D eigenvalue weighted by Crippen LogP contribution is -2.44. The van der Waals surface area contributed by atoms with Crippen molar-refractivity contribution >= 4 is 11.6 Å². The van der Waals surface area contributed by atoms with Crippen molar-refractivity contribution in [2.24, 2.45) is 4.99 Å². The molecule has 1 unspecified atom stereocenters. The normalized spacial score (nSPS) is 16.6. The Morgan fingerprint density at radius 2 is 1.87 bits per heavy atom. The number of anilines is 1. The van der Waals surface area contributed by atoms with Gasteiger partial charge in [0.2, 0.25) is 0 Å². The number of benzene rings is 2. The van der Waals surface area contributed by atoms with E-state index in [1.165, 1.54) is 11.1 Å². The van der Waals surface area contributed by atoms with Gasteiger partial charge in [-0.15, -0.1) is 0 Å². The Bertz CT molecular complexity index is 807. The summed E-state index contributed by atoms with van der Waals surface area (Å²) in [6.07, 6.45) is 1.06. The second-order valence-electron chi connectivity index (χ2n) is 7.40. The standard InChI is InChI=1S/C24H34N4O2/c1-4-25-24(26-16-19-10-12-20(13-11-19)18-30-5-2)27-21-14-15-28(17-21)22-8-6-7-9-23(22)29-3/h6-13,21H,4-5,14-18H2,1-3H3,(H2,25,26,27). The summed E-state index contributed by atoms with van der Waals surface area (Å²) >= 11 is 0. The highest BCUT2D eigenvalue weighted by molar-refractivity contribution is 5.80. The van der Waals surface area contributed by atoms with Crippen molar-refractivity contribution in [2.75, 3.05) is 38.3 Å². The number of aliphatic imine (C=N–C) groups is 1. The van der Waals surface area contributed by atoms with Crippen molar-refractivity contribution in [3.8, 4) is 5.75 Å². The van der Waals surface area contributed by atoms with Gasteiger partial charge in [0.05, 0.1) is 25.9 Å². The number of rotatable bonds is 9. The summed E-state index contributed by atoms with van der Waals surface area (Å²) in [6, 6.07) is 17.0. The maximum absolute atomic E-state index is 5.52. The molecule has 2 aromatic rings. The highest BCUT2D eigenvalue weighted by Crippen LogP contribution is 2.30. The zero-order chi connectivity index (χ0) is 21.2. The molecule has 0 radical (unpaired) electrons. The van der Waals surface area contributed by atoms with Crippen LogP contribution in [0.25, 0.3) is 0 Å². The average molecular weight is 411 g/mol. The Morgan fingerprint density at radius 1 is 1.10 bits per heavy atom. The minimum atomic E-state index is 0.348. The van der Waals surface area contributed by atoms with Crippen LogP contribution >= 0.6 is 0 Å². The SMILES string of the molecule is CCNC(=NCc1ccc(COCC)cc1)NC1CCN(c2ccccc2OC)C1. The first kappa shape index (κ1) is 22.0. The Balaban J connectivity index is 1.57. The fourth-order valence-electron chi connectivity index (χ4n) is 3.63. The summed E-state index contributed by atoms with van der Waals surface area (Å²) in [4.78, 5) is 7.16. The number of hydrogen-bond acceptors (Lipinski definition) is 4. The predicted octanol–water partition coefficient (Wildman–Crippen LogP) is 3.57. The van der Waals surface area contributed by atoms with E-state index in [-0.39, 0.29) is 0 Å². The van der Waals surface area contributed by atoms with Crippen molar-refractivity contribution in [3.05, 3.63) is 59.7 Å². The molecule has 0 saturated carbocycles. The quantitative estimate of drug-likeness (QED) is 0.489. The van der Waals surface area contributed by atoms with Crippen LogP contribution in [0.1, 0.15) is 31.4 Å². The summed E-state index contributed by atoms with van der Waals surface area (Å²) in [6.45, 7) is 8.91. The van der Waals surface area contributed by atoms with E-state index in [9.17, 15) is 0 Å². The third-order valence-corrected chi connectivity index (χ3v) is 5.21. The molecule has 0 amide bonds. The smallest absolute Gasteiger partial charge is 0.191 e. The summed E-state index contributed by atoms with van der Waals surface area (Å²) in [7, 11) is 1.73. The third-order valence-electron chi connectivity index (χ3n) is 5.21. The summed E-state index contributed by atoms with van der Waals surface area (Å²) in [5.41, 5.74) is 3.53. The molecule has 1 heterocycles. The molecular weight excluding hydrogens is 376 g/mol. The van der Waals surface area contributed by atoms with Gasteiger partial charge in [-0.05, 0) is 43.5 Å². The molecule has 0 aromatic heterocycles. The van der Waals surface area contributed by atoms with E-state index in [4.69, 9.17) is 14.5 Å². The monoisotopic (exact) mass is 410 g/mol. The molecule has 1 saturated heterocycles. The number of methoxy groups -OCH3 is 1. The first-order valence-electron chi connectivity index (χ1n) is 10.8. The lowest BCUT2D eigenvalue weighted by atomic mass is 10.1. The van der Waals surface area contributed by atoms with Crippen molar-refractivity contribution < 1.29 is 9.47 Å². The lowest BCUT2D eigenvalue weighted by Gasteiger charge is -2.22. The van der Waals surface area contributed by atoms with Crippen LogP contribution < -0.4 is 20.3 Å². The molecule has 1 fully saturated rings. The number of nitrogens with one attached hydrogen (secondary N) is 2. The van der Waals surface area contributed by atoms with Crippen LogP contribution in [-0.4, -0.2) is 45.4 Å². The van der Waals surface area contributed by atoms with Crippen LogP contribution in [-0.2, 0) is 17.9 Å². The van der Waals surface area contributed by atoms with Gasteiger partial charge in [0, 0.05) is 32.3 Å². The van der Waals surface area contributed by atoms with Crippen molar-refractivity contribution in [1.29, 1.82) is 0 Å². The van der Waals surface area contributed by atoms with Crippen LogP contribution in [0, 0.1) is 0 Å². The third kappa shape index (κ3) is 6.13. The van der Waals surface area contributed by atoms with Crippen molar-refractivity contribution in [3.63, 3.8) is 0 Å². The average Bonchev–Trinajstić information content (AvgIpc) is 3.25. The highest BCUT2D eigenvalue weighted by atomic mass is 16.5. The number of para-hydroxylation sites is 2. The second-order valence-corrected chi connectivity index (χ2v) is 7.40. The van der Waals surface area contributed by atoms with Crippen LogP contribution in [0.3, 0.4) is 0 Å². The minimum absolute atomic E-state index is 0.348. The molecule has 1 aliphatic heterocycles. The van der Waals surface area contributed by atoms with E-state index in [0.717, 1.165) is 50.1 Å². The van der Waals surface area contributed by atoms with Gasteiger partial charge >= 0.3 is 0 Å². The maximum atomic E-state index is 5.52. The van der Waals surface area contributed by atoms with Gasteiger partial charge in [0.15, 0.2) is 5.96 Å². The molecule has 0 bridgehead atoms. The summed E-state index contributed by atoms with van der Waals surface area (Å²) in [5, 5.41) is 6.97. The zero-order valence-corrected chi connectivity index (χ0v) is 18.4. The van der Waals surface area contributed by atoms with Gasteiger partial charge in [-0.2, -0.15) is 0 Å². The van der Waals surface area contributed by atoms with Crippen LogP contribution in [0.5, 0.6) is 5.75 Å². The van der Waals surface area contributed by atoms with Crippen molar-refractivity contribution in [2.45, 2.75) is 39.5 Å². The molecule has 1 atom stereocenters. The molecule has 6 heteroatoms. The largest absolute Gasteiger partial charge is 0.495 e. The fraction of sp³-hybridized carbons (Fsp3) is 0.458. The molecule has 0 aliphatic carbocycles.